The fourth-order valence-corrected chi connectivity index (χ4v) is 3.60. The molecule has 164 valence electrons. The van der Waals surface area contributed by atoms with E-state index in [1.165, 1.54) is 7.11 Å². The van der Waals surface area contributed by atoms with E-state index in [1.54, 1.807) is 47.4 Å². The molecule has 0 radical (unpaired) electrons. The quantitative estimate of drug-likeness (QED) is 0.709. The highest BCUT2D eigenvalue weighted by atomic mass is 16.5. The van der Waals surface area contributed by atoms with E-state index in [-0.39, 0.29) is 23.6 Å². The van der Waals surface area contributed by atoms with Gasteiger partial charge in [0.05, 0.1) is 25.0 Å². The molecule has 1 aliphatic heterocycles. The van der Waals surface area contributed by atoms with E-state index in [0.29, 0.717) is 60.9 Å². The summed E-state index contributed by atoms with van der Waals surface area (Å²) in [5.74, 6) is -0.0770. The summed E-state index contributed by atoms with van der Waals surface area (Å²) >= 11 is 0. The normalized spacial score (nSPS) is 14.1. The van der Waals surface area contributed by atoms with Gasteiger partial charge in [0, 0.05) is 24.6 Å². The number of amides is 3. The molecule has 2 aromatic carbocycles. The van der Waals surface area contributed by atoms with Crippen molar-refractivity contribution in [2.45, 2.75) is 19.8 Å². The molecule has 0 atom stereocenters. The molecule has 1 fully saturated rings. The summed E-state index contributed by atoms with van der Waals surface area (Å²) in [6.07, 6.45) is 1.09. The van der Waals surface area contributed by atoms with Crippen LogP contribution in [0.5, 0.6) is 11.5 Å². The van der Waals surface area contributed by atoms with Crippen molar-refractivity contribution in [3.05, 3.63) is 53.6 Å². The minimum Gasteiger partial charge on any atom is -0.493 e. The first-order chi connectivity index (χ1) is 14.9. The fraction of sp³-hybridized carbons (Fsp3) is 0.348. The SMILES string of the molecule is CCOc1cc(C(=O)Nc2ccccc2C(=O)N2CCC(C(N)=O)CC2)ccc1OC. The van der Waals surface area contributed by atoms with E-state index in [2.05, 4.69) is 5.32 Å². The van der Waals surface area contributed by atoms with Crippen LogP contribution in [0.4, 0.5) is 5.69 Å². The van der Waals surface area contributed by atoms with Crippen LogP contribution in [0.2, 0.25) is 0 Å². The first kappa shape index (κ1) is 22.1. The number of piperidine rings is 1. The van der Waals surface area contributed by atoms with E-state index in [1.807, 2.05) is 6.92 Å². The second-order valence-corrected chi connectivity index (χ2v) is 7.27. The maximum absolute atomic E-state index is 13.1. The zero-order valence-electron chi connectivity index (χ0n) is 17.7. The molecule has 0 saturated carbocycles. The molecule has 0 aliphatic carbocycles. The minimum atomic E-state index is -0.365. The average molecular weight is 425 g/mol. The Kier molecular flexibility index (Phi) is 7.12. The van der Waals surface area contributed by atoms with Crippen LogP contribution < -0.4 is 20.5 Å². The van der Waals surface area contributed by atoms with Gasteiger partial charge < -0.3 is 25.4 Å². The van der Waals surface area contributed by atoms with E-state index in [4.69, 9.17) is 15.2 Å². The van der Waals surface area contributed by atoms with Gasteiger partial charge in [-0.25, -0.2) is 0 Å². The van der Waals surface area contributed by atoms with Crippen LogP contribution in [-0.2, 0) is 4.79 Å². The highest BCUT2D eigenvalue weighted by Crippen LogP contribution is 2.29. The fourth-order valence-electron chi connectivity index (χ4n) is 3.60. The van der Waals surface area contributed by atoms with Crippen LogP contribution in [0, 0.1) is 5.92 Å². The van der Waals surface area contributed by atoms with Crippen molar-refractivity contribution in [2.24, 2.45) is 11.7 Å². The number of para-hydroxylation sites is 1. The molecule has 0 unspecified atom stereocenters. The largest absolute Gasteiger partial charge is 0.493 e. The molecule has 31 heavy (non-hydrogen) atoms. The molecule has 0 aromatic heterocycles. The number of primary amides is 1. The third-order valence-electron chi connectivity index (χ3n) is 5.32. The van der Waals surface area contributed by atoms with E-state index in [0.717, 1.165) is 0 Å². The predicted octanol–water partition coefficient (Wildman–Crippen LogP) is 2.68. The van der Waals surface area contributed by atoms with Crippen molar-refractivity contribution < 1.29 is 23.9 Å². The van der Waals surface area contributed by atoms with Gasteiger partial charge in [-0.3, -0.25) is 14.4 Å². The lowest BCUT2D eigenvalue weighted by atomic mass is 9.95. The summed E-state index contributed by atoms with van der Waals surface area (Å²) in [6.45, 7) is 3.18. The molecule has 8 heteroatoms. The molecule has 1 saturated heterocycles. The number of hydrogen-bond donors (Lipinski definition) is 2. The Bertz CT molecular complexity index is 967. The number of anilines is 1. The van der Waals surface area contributed by atoms with Gasteiger partial charge >= 0.3 is 0 Å². The molecule has 0 bridgehead atoms. The highest BCUT2D eigenvalue weighted by Gasteiger charge is 2.27. The van der Waals surface area contributed by atoms with Crippen molar-refractivity contribution >= 4 is 23.4 Å². The Morgan fingerprint density at radius 3 is 2.45 bits per heavy atom. The first-order valence-electron chi connectivity index (χ1n) is 10.2. The Hall–Kier alpha value is -3.55. The number of nitrogens with one attached hydrogen (secondary N) is 1. The first-order valence-corrected chi connectivity index (χ1v) is 10.2. The van der Waals surface area contributed by atoms with E-state index >= 15 is 0 Å². The van der Waals surface area contributed by atoms with Crippen molar-refractivity contribution in [1.82, 2.24) is 4.90 Å². The van der Waals surface area contributed by atoms with Crippen molar-refractivity contribution in [3.8, 4) is 11.5 Å². The molecule has 0 spiro atoms. The van der Waals surface area contributed by atoms with Gasteiger partial charge in [0.15, 0.2) is 11.5 Å². The number of rotatable bonds is 7. The number of benzene rings is 2. The lowest BCUT2D eigenvalue weighted by Crippen LogP contribution is -2.42. The number of nitrogens with two attached hydrogens (primary N) is 1. The summed E-state index contributed by atoms with van der Waals surface area (Å²) in [5.41, 5.74) is 6.57. The molecule has 2 aromatic rings. The van der Waals surface area contributed by atoms with Crippen LogP contribution in [0.3, 0.4) is 0 Å². The molecule has 1 aliphatic rings. The highest BCUT2D eigenvalue weighted by molar-refractivity contribution is 6.09. The molecule has 3 rings (SSSR count). The second kappa shape index (κ2) is 9.97. The van der Waals surface area contributed by atoms with Crippen molar-refractivity contribution in [3.63, 3.8) is 0 Å². The van der Waals surface area contributed by atoms with Crippen LogP contribution in [0.25, 0.3) is 0 Å². The molecular formula is C23H27N3O5. The van der Waals surface area contributed by atoms with E-state index < -0.39 is 0 Å². The van der Waals surface area contributed by atoms with Crippen LogP contribution >= 0.6 is 0 Å². The van der Waals surface area contributed by atoms with Gasteiger partial charge in [-0.05, 0) is 50.1 Å². The van der Waals surface area contributed by atoms with Crippen LogP contribution in [-0.4, -0.2) is 49.4 Å². The number of carbonyl (C=O) groups excluding carboxylic acids is 3. The number of nitrogens with zero attached hydrogens (tertiary/aromatic N) is 1. The van der Waals surface area contributed by atoms with Gasteiger partial charge in [-0.2, -0.15) is 0 Å². The third kappa shape index (κ3) is 5.14. The Morgan fingerprint density at radius 1 is 1.10 bits per heavy atom. The summed E-state index contributed by atoms with van der Waals surface area (Å²) in [7, 11) is 1.53. The Morgan fingerprint density at radius 2 is 1.81 bits per heavy atom. The van der Waals surface area contributed by atoms with Crippen molar-refractivity contribution in [1.29, 1.82) is 0 Å². The zero-order chi connectivity index (χ0) is 22.4. The van der Waals surface area contributed by atoms with Crippen molar-refractivity contribution in [2.75, 3.05) is 32.1 Å². The molecule has 3 N–H and O–H groups in total. The smallest absolute Gasteiger partial charge is 0.255 e. The molecular weight excluding hydrogens is 398 g/mol. The zero-order valence-corrected chi connectivity index (χ0v) is 17.7. The van der Waals surface area contributed by atoms with Crippen LogP contribution in [0.15, 0.2) is 42.5 Å². The monoisotopic (exact) mass is 425 g/mol. The summed E-state index contributed by atoms with van der Waals surface area (Å²) in [6, 6.07) is 11.8. The number of likely N-dealkylation sites (tertiary alicyclic amines) is 1. The predicted molar refractivity (Wildman–Crippen MR) is 116 cm³/mol. The Balaban J connectivity index is 1.76. The Labute approximate surface area is 181 Å². The minimum absolute atomic E-state index is 0.191. The summed E-state index contributed by atoms with van der Waals surface area (Å²) < 4.78 is 10.8. The topological polar surface area (TPSA) is 111 Å². The number of hydrogen-bond acceptors (Lipinski definition) is 5. The van der Waals surface area contributed by atoms with E-state index in [9.17, 15) is 14.4 Å². The van der Waals surface area contributed by atoms with Crippen LogP contribution in [0.1, 0.15) is 40.5 Å². The summed E-state index contributed by atoms with van der Waals surface area (Å²) in [4.78, 5) is 39.0. The van der Waals surface area contributed by atoms with Gasteiger partial charge in [0.2, 0.25) is 5.91 Å². The third-order valence-corrected chi connectivity index (χ3v) is 5.32. The average Bonchev–Trinajstić information content (AvgIpc) is 2.79. The van der Waals surface area contributed by atoms with Gasteiger partial charge in [-0.15, -0.1) is 0 Å². The number of carbonyl (C=O) groups is 3. The lowest BCUT2D eigenvalue weighted by Gasteiger charge is -2.31. The van der Waals surface area contributed by atoms with Gasteiger partial charge in [-0.1, -0.05) is 12.1 Å². The standard InChI is InChI=1S/C23H27N3O5/c1-3-31-20-14-16(8-9-19(20)30-2)22(28)25-18-7-5-4-6-17(18)23(29)26-12-10-15(11-13-26)21(24)27/h4-9,14-15H,3,10-13H2,1-2H3,(H2,24,27)(H,25,28). The maximum atomic E-state index is 13.1. The molecule has 8 nitrogen and oxygen atoms in total. The molecule has 1 heterocycles. The molecule has 3 amide bonds. The maximum Gasteiger partial charge on any atom is 0.255 e. The van der Waals surface area contributed by atoms with Gasteiger partial charge in [0.1, 0.15) is 0 Å². The number of methoxy groups -OCH3 is 1. The second-order valence-electron chi connectivity index (χ2n) is 7.27. The summed E-state index contributed by atoms with van der Waals surface area (Å²) in [5, 5.41) is 2.82. The number of ether oxygens (including phenoxy) is 2. The lowest BCUT2D eigenvalue weighted by molar-refractivity contribution is -0.123. The van der Waals surface area contributed by atoms with Gasteiger partial charge in [0.25, 0.3) is 11.8 Å².